The number of benzene rings is 2. The summed E-state index contributed by atoms with van der Waals surface area (Å²) in [5.74, 6) is -2.15. The highest BCUT2D eigenvalue weighted by molar-refractivity contribution is 5.75. The number of aryl methyl sites for hydroxylation is 2. The molecule has 0 radical (unpaired) electrons. The van der Waals surface area contributed by atoms with Gasteiger partial charge in [-0.3, -0.25) is 14.5 Å². The molecule has 2 N–H and O–H groups in total. The monoisotopic (exact) mass is 508 g/mol. The molecule has 198 valence electrons. The van der Waals surface area contributed by atoms with Crippen LogP contribution in [0.4, 0.5) is 18.9 Å². The van der Waals surface area contributed by atoms with E-state index in [0.29, 0.717) is 5.69 Å². The van der Waals surface area contributed by atoms with E-state index in [2.05, 4.69) is 41.8 Å². The highest BCUT2D eigenvalue weighted by Crippen LogP contribution is 2.31. The highest BCUT2D eigenvalue weighted by Gasteiger charge is 2.31. The van der Waals surface area contributed by atoms with Crippen molar-refractivity contribution < 1.29 is 33.0 Å². The summed E-state index contributed by atoms with van der Waals surface area (Å²) in [6.07, 6.45) is -1.59. The summed E-state index contributed by atoms with van der Waals surface area (Å²) in [5.41, 5.74) is 4.26. The van der Waals surface area contributed by atoms with Gasteiger partial charge in [0.1, 0.15) is 0 Å². The Morgan fingerprint density at radius 3 is 2.11 bits per heavy atom. The Bertz CT molecular complexity index is 989. The third-order valence-corrected chi connectivity index (χ3v) is 6.11. The van der Waals surface area contributed by atoms with Gasteiger partial charge in [-0.2, -0.15) is 13.2 Å². The lowest BCUT2D eigenvalue weighted by molar-refractivity contribution is -0.143. The first kappa shape index (κ1) is 29.2. The molecule has 0 aliphatic carbocycles. The fourth-order valence-electron chi connectivity index (χ4n) is 4.03. The van der Waals surface area contributed by atoms with Gasteiger partial charge in [0.05, 0.1) is 18.4 Å². The Labute approximate surface area is 210 Å². The summed E-state index contributed by atoms with van der Waals surface area (Å²) >= 11 is 0. The predicted molar refractivity (Wildman–Crippen MR) is 133 cm³/mol. The lowest BCUT2D eigenvalue weighted by atomic mass is 9.99. The molecule has 9 heteroatoms. The molecule has 0 atom stereocenters. The van der Waals surface area contributed by atoms with Crippen molar-refractivity contribution in [2.45, 2.75) is 52.1 Å². The maximum atomic E-state index is 12.9. The molecular formula is C27H35F3N2O4. The van der Waals surface area contributed by atoms with E-state index in [1.807, 2.05) is 0 Å². The standard InChI is InChI=1S/C23H29F3N2.C4H6O4/c1-3-5-20-16-19(9-8-18(20)2)10-11-27-12-14-28(15-13-27)22-7-4-6-21(17-22)23(24,25)26;5-3(6)1-2-4(7)8/h4,6-9,16-17H,3,5,10-15H2,1-2H3;1-2H2,(H,5,6)(H,7,8). The van der Waals surface area contributed by atoms with Crippen LogP contribution in [-0.2, 0) is 28.6 Å². The number of rotatable bonds is 9. The summed E-state index contributed by atoms with van der Waals surface area (Å²) in [6, 6.07) is 12.4. The molecule has 1 saturated heterocycles. The van der Waals surface area contributed by atoms with Crippen molar-refractivity contribution in [3.63, 3.8) is 0 Å². The summed E-state index contributed by atoms with van der Waals surface area (Å²) in [6.45, 7) is 8.64. The zero-order valence-electron chi connectivity index (χ0n) is 20.9. The van der Waals surface area contributed by atoms with Gasteiger partial charge in [-0.25, -0.2) is 0 Å². The molecule has 0 unspecified atom stereocenters. The number of halogens is 3. The number of hydrogen-bond acceptors (Lipinski definition) is 4. The van der Waals surface area contributed by atoms with Crippen molar-refractivity contribution in [3.05, 3.63) is 64.7 Å². The van der Waals surface area contributed by atoms with Gasteiger partial charge in [-0.1, -0.05) is 37.6 Å². The number of carboxylic acid groups (broad SMARTS) is 2. The van der Waals surface area contributed by atoms with E-state index in [9.17, 15) is 22.8 Å². The van der Waals surface area contributed by atoms with Crippen LogP contribution in [-0.4, -0.2) is 59.8 Å². The van der Waals surface area contributed by atoms with Crippen LogP contribution < -0.4 is 4.90 Å². The average Bonchev–Trinajstić information content (AvgIpc) is 2.84. The summed E-state index contributed by atoms with van der Waals surface area (Å²) in [4.78, 5) is 23.7. The van der Waals surface area contributed by atoms with Gasteiger partial charge >= 0.3 is 18.1 Å². The second kappa shape index (κ2) is 13.9. The lowest BCUT2D eigenvalue weighted by Gasteiger charge is -2.36. The molecule has 0 spiro atoms. The molecular weight excluding hydrogens is 473 g/mol. The number of anilines is 1. The first-order valence-corrected chi connectivity index (χ1v) is 12.2. The van der Waals surface area contributed by atoms with Gasteiger partial charge in [-0.05, 0) is 54.7 Å². The minimum atomic E-state index is -4.29. The van der Waals surface area contributed by atoms with E-state index >= 15 is 0 Å². The first-order valence-electron chi connectivity index (χ1n) is 12.2. The van der Waals surface area contributed by atoms with Gasteiger partial charge in [0.25, 0.3) is 0 Å². The van der Waals surface area contributed by atoms with Crippen LogP contribution in [0.3, 0.4) is 0 Å². The normalized spacial score (nSPS) is 14.2. The predicted octanol–water partition coefficient (Wildman–Crippen LogP) is 5.27. The van der Waals surface area contributed by atoms with Crippen LogP contribution in [0.5, 0.6) is 0 Å². The van der Waals surface area contributed by atoms with Crippen LogP contribution in [0.1, 0.15) is 48.4 Å². The van der Waals surface area contributed by atoms with E-state index < -0.39 is 23.7 Å². The fourth-order valence-corrected chi connectivity index (χ4v) is 4.03. The smallest absolute Gasteiger partial charge is 0.416 e. The van der Waals surface area contributed by atoms with E-state index in [-0.39, 0.29) is 12.8 Å². The molecule has 2 aromatic rings. The van der Waals surface area contributed by atoms with E-state index in [4.69, 9.17) is 10.2 Å². The van der Waals surface area contributed by atoms with Crippen LogP contribution >= 0.6 is 0 Å². The zero-order valence-corrected chi connectivity index (χ0v) is 20.9. The van der Waals surface area contributed by atoms with Crippen molar-refractivity contribution >= 4 is 17.6 Å². The largest absolute Gasteiger partial charge is 0.481 e. The lowest BCUT2D eigenvalue weighted by Crippen LogP contribution is -2.47. The number of carbonyl (C=O) groups is 2. The van der Waals surface area contributed by atoms with Gasteiger partial charge in [-0.15, -0.1) is 0 Å². The van der Waals surface area contributed by atoms with E-state index in [1.54, 1.807) is 6.07 Å². The van der Waals surface area contributed by atoms with Crippen LogP contribution in [0.15, 0.2) is 42.5 Å². The van der Waals surface area contributed by atoms with Crippen LogP contribution in [0.25, 0.3) is 0 Å². The van der Waals surface area contributed by atoms with Crippen molar-refractivity contribution in [1.29, 1.82) is 0 Å². The Morgan fingerprint density at radius 1 is 0.917 bits per heavy atom. The minimum absolute atomic E-state index is 0.296. The maximum absolute atomic E-state index is 12.9. The third kappa shape index (κ3) is 9.89. The molecule has 1 aliphatic rings. The average molecular weight is 509 g/mol. The third-order valence-electron chi connectivity index (χ3n) is 6.11. The van der Waals surface area contributed by atoms with Crippen LogP contribution in [0, 0.1) is 6.92 Å². The maximum Gasteiger partial charge on any atom is 0.416 e. The van der Waals surface area contributed by atoms with Crippen LogP contribution in [0.2, 0.25) is 0 Å². The molecule has 0 saturated carbocycles. The molecule has 0 amide bonds. The van der Waals surface area contributed by atoms with Gasteiger partial charge in [0, 0.05) is 38.4 Å². The molecule has 6 nitrogen and oxygen atoms in total. The van der Waals surface area contributed by atoms with E-state index in [1.165, 1.54) is 28.8 Å². The molecule has 0 bridgehead atoms. The Kier molecular flexibility index (Phi) is 11.2. The Morgan fingerprint density at radius 2 is 1.56 bits per heavy atom. The van der Waals surface area contributed by atoms with Gasteiger partial charge in [0.2, 0.25) is 0 Å². The second-order valence-corrected chi connectivity index (χ2v) is 8.93. The molecule has 1 heterocycles. The summed E-state index contributed by atoms with van der Waals surface area (Å²) < 4.78 is 38.8. The van der Waals surface area contributed by atoms with Crippen molar-refractivity contribution in [2.75, 3.05) is 37.6 Å². The molecule has 2 aromatic carbocycles. The van der Waals surface area contributed by atoms with Gasteiger partial charge in [0.15, 0.2) is 0 Å². The topological polar surface area (TPSA) is 81.1 Å². The van der Waals surface area contributed by atoms with Crippen molar-refractivity contribution in [1.82, 2.24) is 4.90 Å². The number of piperazine rings is 1. The molecule has 0 aromatic heterocycles. The minimum Gasteiger partial charge on any atom is -0.481 e. The molecule has 3 rings (SSSR count). The number of nitrogens with zero attached hydrogens (tertiary/aromatic N) is 2. The van der Waals surface area contributed by atoms with Gasteiger partial charge < -0.3 is 15.1 Å². The number of aliphatic carboxylic acids is 2. The highest BCUT2D eigenvalue weighted by atomic mass is 19.4. The zero-order chi connectivity index (χ0) is 26.7. The SMILES string of the molecule is CCCc1cc(CCN2CCN(c3cccc(C(F)(F)F)c3)CC2)ccc1C.O=C(O)CCC(=O)O. The first-order chi connectivity index (χ1) is 17.0. The number of alkyl halides is 3. The molecule has 36 heavy (non-hydrogen) atoms. The van der Waals surface area contributed by atoms with Crippen molar-refractivity contribution in [3.8, 4) is 0 Å². The number of hydrogen-bond donors (Lipinski definition) is 2. The number of carboxylic acids is 2. The fraction of sp³-hybridized carbons (Fsp3) is 0.481. The van der Waals surface area contributed by atoms with Crippen molar-refractivity contribution in [2.24, 2.45) is 0 Å². The summed E-state index contributed by atoms with van der Waals surface area (Å²) in [5, 5.41) is 15.8. The second-order valence-electron chi connectivity index (χ2n) is 8.93. The Hall–Kier alpha value is -3.07. The Balaban J connectivity index is 0.000000493. The molecule has 1 fully saturated rings. The molecule has 1 aliphatic heterocycles. The quantitative estimate of drug-likeness (QED) is 0.481. The summed E-state index contributed by atoms with van der Waals surface area (Å²) in [7, 11) is 0. The van der Waals surface area contributed by atoms with E-state index in [0.717, 1.165) is 58.1 Å².